The molecular weight excluding hydrogens is 266 g/mol. The van der Waals surface area contributed by atoms with Gasteiger partial charge in [0.2, 0.25) is 0 Å². The van der Waals surface area contributed by atoms with Crippen LogP contribution in [0, 0.1) is 0 Å². The molecule has 0 aliphatic heterocycles. The van der Waals surface area contributed by atoms with E-state index in [1.54, 1.807) is 31.7 Å². The average molecular weight is 279 g/mol. The largest absolute Gasteiger partial charge is 0.497 e. The van der Waals surface area contributed by atoms with Gasteiger partial charge in [-0.05, 0) is 18.2 Å². The van der Waals surface area contributed by atoms with E-state index in [0.29, 0.717) is 16.5 Å². The molecule has 6 nitrogen and oxygen atoms in total. The predicted molar refractivity (Wildman–Crippen MR) is 72.3 cm³/mol. The van der Waals surface area contributed by atoms with Crippen LogP contribution in [0.2, 0.25) is 0 Å². The number of carbonyl (C=O) groups excluding carboxylic acids is 1. The van der Waals surface area contributed by atoms with Crippen molar-refractivity contribution in [1.29, 1.82) is 0 Å². The molecule has 0 saturated heterocycles. The standard InChI is InChI=1S/C12H13N3O3S/c1-17-7-3-4-10(18-2)8(5-7)12-14-9(6-19-12)11(16)15-13/h3-6H,13H2,1-2H3,(H,15,16). The first-order valence-corrected chi connectivity index (χ1v) is 6.26. The Bertz CT molecular complexity index is 598. The Morgan fingerprint density at radius 1 is 1.37 bits per heavy atom. The molecule has 7 heteroatoms. The summed E-state index contributed by atoms with van der Waals surface area (Å²) in [5, 5.41) is 2.30. The van der Waals surface area contributed by atoms with E-state index in [9.17, 15) is 4.79 Å². The molecule has 0 aliphatic carbocycles. The summed E-state index contributed by atoms with van der Waals surface area (Å²) in [6.45, 7) is 0. The lowest BCUT2D eigenvalue weighted by molar-refractivity contribution is 0.0949. The highest BCUT2D eigenvalue weighted by atomic mass is 32.1. The van der Waals surface area contributed by atoms with Crippen molar-refractivity contribution in [2.24, 2.45) is 5.84 Å². The van der Waals surface area contributed by atoms with Gasteiger partial charge in [0.05, 0.1) is 19.8 Å². The molecule has 0 radical (unpaired) electrons. The summed E-state index contributed by atoms with van der Waals surface area (Å²) >= 11 is 1.33. The van der Waals surface area contributed by atoms with Gasteiger partial charge in [0, 0.05) is 5.38 Å². The second-order valence-corrected chi connectivity index (χ2v) is 4.44. The Balaban J connectivity index is 2.45. The number of benzene rings is 1. The number of nitrogens with two attached hydrogens (primary N) is 1. The molecule has 2 aromatic rings. The number of hydrazine groups is 1. The molecule has 2 rings (SSSR count). The van der Waals surface area contributed by atoms with Crippen LogP contribution in [-0.2, 0) is 0 Å². The van der Waals surface area contributed by atoms with Crippen LogP contribution in [0.15, 0.2) is 23.6 Å². The summed E-state index contributed by atoms with van der Waals surface area (Å²) in [6.07, 6.45) is 0. The third-order valence-electron chi connectivity index (χ3n) is 2.50. The van der Waals surface area contributed by atoms with Crippen molar-refractivity contribution in [3.63, 3.8) is 0 Å². The maximum Gasteiger partial charge on any atom is 0.284 e. The number of thiazole rings is 1. The summed E-state index contributed by atoms with van der Waals surface area (Å²) in [4.78, 5) is 15.6. The normalized spacial score (nSPS) is 10.1. The first-order valence-electron chi connectivity index (χ1n) is 5.38. The van der Waals surface area contributed by atoms with Gasteiger partial charge in [-0.15, -0.1) is 11.3 Å². The number of nitrogen functional groups attached to an aromatic ring is 1. The van der Waals surface area contributed by atoms with Crippen molar-refractivity contribution in [2.75, 3.05) is 14.2 Å². The molecule has 19 heavy (non-hydrogen) atoms. The van der Waals surface area contributed by atoms with Crippen LogP contribution in [0.25, 0.3) is 10.6 Å². The minimum Gasteiger partial charge on any atom is -0.497 e. The highest BCUT2D eigenvalue weighted by Gasteiger charge is 2.14. The van der Waals surface area contributed by atoms with Gasteiger partial charge in [-0.3, -0.25) is 10.2 Å². The Morgan fingerprint density at radius 3 is 2.79 bits per heavy atom. The number of rotatable bonds is 4. The highest BCUT2D eigenvalue weighted by Crippen LogP contribution is 2.35. The fourth-order valence-electron chi connectivity index (χ4n) is 1.56. The molecule has 100 valence electrons. The van der Waals surface area contributed by atoms with Crippen LogP contribution in [0.1, 0.15) is 10.5 Å². The molecule has 3 N–H and O–H groups in total. The Morgan fingerprint density at radius 2 is 2.16 bits per heavy atom. The lowest BCUT2D eigenvalue weighted by Crippen LogP contribution is -2.30. The van der Waals surface area contributed by atoms with Crippen LogP contribution in [-0.4, -0.2) is 25.1 Å². The quantitative estimate of drug-likeness (QED) is 0.502. The van der Waals surface area contributed by atoms with E-state index in [0.717, 1.165) is 5.56 Å². The molecule has 0 atom stereocenters. The number of hydrogen-bond donors (Lipinski definition) is 2. The number of aromatic nitrogens is 1. The number of amides is 1. The molecule has 1 aromatic carbocycles. The lowest BCUT2D eigenvalue weighted by Gasteiger charge is -2.08. The summed E-state index contributed by atoms with van der Waals surface area (Å²) in [5.41, 5.74) is 3.08. The van der Waals surface area contributed by atoms with Crippen LogP contribution in [0.3, 0.4) is 0 Å². The maximum absolute atomic E-state index is 11.4. The van der Waals surface area contributed by atoms with E-state index in [1.165, 1.54) is 11.3 Å². The number of carbonyl (C=O) groups is 1. The molecule has 0 fully saturated rings. The van der Waals surface area contributed by atoms with Gasteiger partial charge in [-0.25, -0.2) is 10.8 Å². The zero-order valence-corrected chi connectivity index (χ0v) is 11.3. The fourth-order valence-corrected chi connectivity index (χ4v) is 2.38. The summed E-state index contributed by atoms with van der Waals surface area (Å²) in [7, 11) is 3.16. The molecule has 0 bridgehead atoms. The first kappa shape index (κ1) is 13.3. The van der Waals surface area contributed by atoms with Gasteiger partial charge in [-0.2, -0.15) is 0 Å². The number of nitrogens with one attached hydrogen (secondary N) is 1. The van der Waals surface area contributed by atoms with Gasteiger partial charge < -0.3 is 9.47 Å². The van der Waals surface area contributed by atoms with E-state index in [4.69, 9.17) is 15.3 Å². The zero-order valence-electron chi connectivity index (χ0n) is 10.5. The van der Waals surface area contributed by atoms with Crippen LogP contribution >= 0.6 is 11.3 Å². The van der Waals surface area contributed by atoms with Crippen molar-refractivity contribution in [3.8, 4) is 22.1 Å². The molecule has 0 unspecified atom stereocenters. The third kappa shape index (κ3) is 2.67. The molecule has 0 saturated carbocycles. The molecule has 1 heterocycles. The third-order valence-corrected chi connectivity index (χ3v) is 3.38. The van der Waals surface area contributed by atoms with Crippen molar-refractivity contribution in [3.05, 3.63) is 29.3 Å². The topological polar surface area (TPSA) is 86.5 Å². The Labute approximate surface area is 114 Å². The van der Waals surface area contributed by atoms with Gasteiger partial charge in [-0.1, -0.05) is 0 Å². The van der Waals surface area contributed by atoms with Crippen molar-refractivity contribution in [1.82, 2.24) is 10.4 Å². The number of ether oxygens (including phenoxy) is 2. The van der Waals surface area contributed by atoms with Gasteiger partial charge in [0.15, 0.2) is 0 Å². The van der Waals surface area contributed by atoms with Crippen LogP contribution < -0.4 is 20.7 Å². The van der Waals surface area contributed by atoms with Gasteiger partial charge in [0.1, 0.15) is 22.2 Å². The zero-order chi connectivity index (χ0) is 13.8. The molecule has 1 amide bonds. The summed E-state index contributed by atoms with van der Waals surface area (Å²) in [5.74, 6) is 6.00. The average Bonchev–Trinajstić information content (AvgIpc) is 2.95. The summed E-state index contributed by atoms with van der Waals surface area (Å²) < 4.78 is 10.5. The molecule has 0 aliphatic rings. The second kappa shape index (κ2) is 5.68. The molecule has 1 aromatic heterocycles. The molecular formula is C12H13N3O3S. The SMILES string of the molecule is COc1ccc(OC)c(-c2nc(C(=O)NN)cs2)c1. The highest BCUT2D eigenvalue weighted by molar-refractivity contribution is 7.13. The van der Waals surface area contributed by atoms with Gasteiger partial charge in [0.25, 0.3) is 5.91 Å². The fraction of sp³-hybridized carbons (Fsp3) is 0.167. The number of hydrogen-bond acceptors (Lipinski definition) is 6. The minimum atomic E-state index is -0.427. The van der Waals surface area contributed by atoms with Crippen LogP contribution in [0.4, 0.5) is 0 Å². The number of methoxy groups -OCH3 is 2. The lowest BCUT2D eigenvalue weighted by atomic mass is 10.2. The number of nitrogens with zero attached hydrogens (tertiary/aromatic N) is 1. The predicted octanol–water partition coefficient (Wildman–Crippen LogP) is 1.43. The van der Waals surface area contributed by atoms with E-state index >= 15 is 0 Å². The smallest absolute Gasteiger partial charge is 0.284 e. The summed E-state index contributed by atoms with van der Waals surface area (Å²) in [6, 6.07) is 5.39. The monoisotopic (exact) mass is 279 g/mol. The first-order chi connectivity index (χ1) is 9.19. The minimum absolute atomic E-state index is 0.271. The van der Waals surface area contributed by atoms with E-state index in [1.807, 2.05) is 11.5 Å². The van der Waals surface area contributed by atoms with Crippen LogP contribution in [0.5, 0.6) is 11.5 Å². The van der Waals surface area contributed by atoms with E-state index in [-0.39, 0.29) is 5.69 Å². The maximum atomic E-state index is 11.4. The van der Waals surface area contributed by atoms with Crippen molar-refractivity contribution < 1.29 is 14.3 Å². The van der Waals surface area contributed by atoms with E-state index < -0.39 is 5.91 Å². The second-order valence-electron chi connectivity index (χ2n) is 3.58. The van der Waals surface area contributed by atoms with E-state index in [2.05, 4.69) is 4.98 Å². The van der Waals surface area contributed by atoms with Crippen molar-refractivity contribution >= 4 is 17.2 Å². The van der Waals surface area contributed by atoms with Crippen molar-refractivity contribution in [2.45, 2.75) is 0 Å². The Hall–Kier alpha value is -2.12. The van der Waals surface area contributed by atoms with Gasteiger partial charge >= 0.3 is 0 Å². The molecule has 0 spiro atoms. The Kier molecular flexibility index (Phi) is 3.98.